The first-order chi connectivity index (χ1) is 13.0. The van der Waals surface area contributed by atoms with Crippen LogP contribution in [0.4, 0.5) is 0 Å². The maximum Gasteiger partial charge on any atom is 0.255 e. The normalized spacial score (nSPS) is 18.0. The highest BCUT2D eigenvalue weighted by Gasteiger charge is 2.35. The minimum atomic E-state index is -0.234. The highest BCUT2D eigenvalue weighted by atomic mass is 35.5. The summed E-state index contributed by atoms with van der Waals surface area (Å²) in [6.45, 7) is 3.64. The summed E-state index contributed by atoms with van der Waals surface area (Å²) < 4.78 is 11.4. The van der Waals surface area contributed by atoms with Gasteiger partial charge in [-0.3, -0.25) is 9.59 Å². The summed E-state index contributed by atoms with van der Waals surface area (Å²) in [6, 6.07) is 5.10. The van der Waals surface area contributed by atoms with Crippen LogP contribution in [0.1, 0.15) is 43.0 Å². The Bertz CT molecular complexity index is 686. The van der Waals surface area contributed by atoms with Crippen LogP contribution in [0.2, 0.25) is 0 Å². The highest BCUT2D eigenvalue weighted by molar-refractivity contribution is 5.97. The van der Waals surface area contributed by atoms with Gasteiger partial charge >= 0.3 is 0 Å². The van der Waals surface area contributed by atoms with Gasteiger partial charge in [0.2, 0.25) is 5.91 Å². The molecule has 0 radical (unpaired) electrons. The van der Waals surface area contributed by atoms with Crippen molar-refractivity contribution < 1.29 is 19.1 Å². The van der Waals surface area contributed by atoms with Crippen LogP contribution in [0.3, 0.4) is 0 Å². The third-order valence-electron chi connectivity index (χ3n) is 4.99. The average Bonchev–Trinajstić information content (AvgIpc) is 3.51. The van der Waals surface area contributed by atoms with Crippen molar-refractivity contribution in [3.8, 4) is 11.5 Å². The lowest BCUT2D eigenvalue weighted by atomic mass is 10.1. The molecule has 1 aromatic rings. The summed E-state index contributed by atoms with van der Waals surface area (Å²) in [7, 11) is 1.56. The monoisotopic (exact) mass is 411 g/mol. The molecule has 0 spiro atoms. The van der Waals surface area contributed by atoms with E-state index >= 15 is 0 Å². The Morgan fingerprint density at radius 2 is 1.93 bits per heavy atom. The van der Waals surface area contributed by atoms with Crippen molar-refractivity contribution in [2.45, 2.75) is 44.8 Å². The molecule has 1 heterocycles. The fourth-order valence-corrected chi connectivity index (χ4v) is 3.23. The smallest absolute Gasteiger partial charge is 0.255 e. The van der Waals surface area contributed by atoms with Crippen LogP contribution in [0, 0.1) is 5.92 Å². The van der Waals surface area contributed by atoms with Crippen molar-refractivity contribution >= 4 is 24.2 Å². The van der Waals surface area contributed by atoms with Crippen molar-refractivity contribution in [1.82, 2.24) is 10.2 Å². The van der Waals surface area contributed by atoms with Gasteiger partial charge in [-0.25, -0.2) is 0 Å². The van der Waals surface area contributed by atoms with Crippen LogP contribution in [-0.4, -0.2) is 55.6 Å². The van der Waals surface area contributed by atoms with E-state index in [1.165, 1.54) is 0 Å². The molecule has 1 aliphatic carbocycles. The van der Waals surface area contributed by atoms with Gasteiger partial charge in [-0.15, -0.1) is 12.4 Å². The molecule has 0 unspecified atom stereocenters. The number of nitrogens with one attached hydrogen (secondary N) is 1. The van der Waals surface area contributed by atoms with E-state index in [-0.39, 0.29) is 42.3 Å². The summed E-state index contributed by atoms with van der Waals surface area (Å²) in [5.74, 6) is 1.43. The highest BCUT2D eigenvalue weighted by Crippen LogP contribution is 2.32. The van der Waals surface area contributed by atoms with Crippen molar-refractivity contribution in [1.29, 1.82) is 0 Å². The zero-order chi connectivity index (χ0) is 19.4. The van der Waals surface area contributed by atoms with E-state index in [2.05, 4.69) is 5.32 Å². The predicted octanol–water partition coefficient (Wildman–Crippen LogP) is 1.97. The molecule has 156 valence electrons. The molecule has 1 aliphatic heterocycles. The predicted molar refractivity (Wildman–Crippen MR) is 109 cm³/mol. The SMILES string of the molecule is COc1ccc(OC2CCN(C(=O)C3CC3)CC2)c(C(=O)NC[C@H](C)N)c1.Cl. The number of hydrogen-bond donors (Lipinski definition) is 2. The standard InChI is InChI=1S/C20H29N3O4.ClH/c1-13(21)12-22-19(24)17-11-16(26-2)5-6-18(17)27-15-7-9-23(10-8-15)20(25)14-3-4-14;/h5-6,11,13-15H,3-4,7-10,12,21H2,1-2H3,(H,22,24);1H/t13-;/m0./s1. The fraction of sp³-hybridized carbons (Fsp3) is 0.600. The number of piperidine rings is 1. The van der Waals surface area contributed by atoms with Crippen LogP contribution in [0.15, 0.2) is 18.2 Å². The number of carbonyl (C=O) groups is 2. The molecule has 2 amide bonds. The molecule has 7 nitrogen and oxygen atoms in total. The Balaban J connectivity index is 0.00000280. The van der Waals surface area contributed by atoms with Gasteiger partial charge in [0.05, 0.1) is 12.7 Å². The van der Waals surface area contributed by atoms with E-state index in [1.54, 1.807) is 25.3 Å². The number of hydrogen-bond acceptors (Lipinski definition) is 5. The zero-order valence-corrected chi connectivity index (χ0v) is 17.3. The number of amides is 2. The molecular weight excluding hydrogens is 382 g/mol. The lowest BCUT2D eigenvalue weighted by molar-refractivity contribution is -0.134. The van der Waals surface area contributed by atoms with Gasteiger partial charge in [-0.2, -0.15) is 0 Å². The first-order valence-electron chi connectivity index (χ1n) is 9.65. The molecule has 3 rings (SSSR count). The number of nitrogens with zero attached hydrogens (tertiary/aromatic N) is 1. The van der Waals surface area contributed by atoms with E-state index < -0.39 is 0 Å². The first-order valence-corrected chi connectivity index (χ1v) is 9.65. The van der Waals surface area contributed by atoms with E-state index in [9.17, 15) is 9.59 Å². The Morgan fingerprint density at radius 3 is 2.50 bits per heavy atom. The molecule has 3 N–H and O–H groups in total. The Morgan fingerprint density at radius 1 is 1.25 bits per heavy atom. The van der Waals surface area contributed by atoms with Crippen LogP contribution in [0.25, 0.3) is 0 Å². The summed E-state index contributed by atoms with van der Waals surface area (Å²) in [5, 5.41) is 2.82. The third-order valence-corrected chi connectivity index (χ3v) is 4.99. The molecule has 1 atom stereocenters. The first kappa shape index (κ1) is 22.3. The Kier molecular flexibility index (Phi) is 7.95. The summed E-state index contributed by atoms with van der Waals surface area (Å²) in [4.78, 5) is 26.7. The van der Waals surface area contributed by atoms with Crippen molar-refractivity contribution in [3.05, 3.63) is 23.8 Å². The molecule has 1 aromatic carbocycles. The Labute approximate surface area is 172 Å². The molecule has 0 bridgehead atoms. The number of benzene rings is 1. The molecule has 2 aliphatic rings. The van der Waals surface area contributed by atoms with Crippen LogP contribution >= 0.6 is 12.4 Å². The van der Waals surface area contributed by atoms with E-state index in [0.29, 0.717) is 36.7 Å². The van der Waals surface area contributed by atoms with Crippen molar-refractivity contribution in [2.75, 3.05) is 26.7 Å². The van der Waals surface area contributed by atoms with Crippen LogP contribution < -0.4 is 20.5 Å². The minimum Gasteiger partial charge on any atom is -0.497 e. The second-order valence-corrected chi connectivity index (χ2v) is 7.47. The molecule has 2 fully saturated rings. The number of ether oxygens (including phenoxy) is 2. The fourth-order valence-electron chi connectivity index (χ4n) is 3.23. The number of likely N-dealkylation sites (tertiary alicyclic amines) is 1. The number of halogens is 1. The van der Waals surface area contributed by atoms with Gasteiger partial charge < -0.3 is 25.4 Å². The molecule has 28 heavy (non-hydrogen) atoms. The molecule has 0 aromatic heterocycles. The van der Waals surface area contributed by atoms with Crippen molar-refractivity contribution in [3.63, 3.8) is 0 Å². The molecule has 1 saturated carbocycles. The quantitative estimate of drug-likeness (QED) is 0.715. The van der Waals surface area contributed by atoms with Crippen molar-refractivity contribution in [2.24, 2.45) is 11.7 Å². The van der Waals surface area contributed by atoms with Gasteiger partial charge in [0.1, 0.15) is 17.6 Å². The lowest BCUT2D eigenvalue weighted by Crippen LogP contribution is -2.42. The van der Waals surface area contributed by atoms with Gasteiger partial charge in [-0.05, 0) is 38.0 Å². The van der Waals surface area contributed by atoms with Gasteiger partial charge in [0, 0.05) is 44.4 Å². The molecule has 8 heteroatoms. The maximum atomic E-state index is 12.5. The number of carbonyl (C=O) groups excluding carboxylic acids is 2. The number of rotatable bonds is 7. The van der Waals surface area contributed by atoms with Gasteiger partial charge in [0.15, 0.2) is 0 Å². The van der Waals surface area contributed by atoms with Gasteiger partial charge in [0.25, 0.3) is 5.91 Å². The molecular formula is C20H30ClN3O4. The topological polar surface area (TPSA) is 93.9 Å². The maximum absolute atomic E-state index is 12.5. The van der Waals surface area contributed by atoms with Crippen LogP contribution in [-0.2, 0) is 4.79 Å². The second kappa shape index (κ2) is 9.98. The third kappa shape index (κ3) is 5.75. The van der Waals surface area contributed by atoms with E-state index in [0.717, 1.165) is 25.7 Å². The van der Waals surface area contributed by atoms with Crippen LogP contribution in [0.5, 0.6) is 11.5 Å². The summed E-state index contributed by atoms with van der Waals surface area (Å²) >= 11 is 0. The number of methoxy groups -OCH3 is 1. The lowest BCUT2D eigenvalue weighted by Gasteiger charge is -2.32. The average molecular weight is 412 g/mol. The Hall–Kier alpha value is -1.99. The minimum absolute atomic E-state index is 0. The zero-order valence-electron chi connectivity index (χ0n) is 16.5. The van der Waals surface area contributed by atoms with E-state index in [4.69, 9.17) is 15.2 Å². The largest absolute Gasteiger partial charge is 0.497 e. The molecule has 1 saturated heterocycles. The summed E-state index contributed by atoms with van der Waals surface area (Å²) in [6.07, 6.45) is 3.58. The summed E-state index contributed by atoms with van der Waals surface area (Å²) in [5.41, 5.74) is 6.16. The van der Waals surface area contributed by atoms with E-state index in [1.807, 2.05) is 11.8 Å². The number of nitrogens with two attached hydrogens (primary N) is 1. The van der Waals surface area contributed by atoms with Gasteiger partial charge in [-0.1, -0.05) is 0 Å². The second-order valence-electron chi connectivity index (χ2n) is 7.47.